The van der Waals surface area contributed by atoms with Crippen molar-refractivity contribution < 1.29 is 41.0 Å². The van der Waals surface area contributed by atoms with Crippen LogP contribution < -0.4 is 5.32 Å². The number of amides is 1. The van der Waals surface area contributed by atoms with Gasteiger partial charge in [0.15, 0.2) is 0 Å². The summed E-state index contributed by atoms with van der Waals surface area (Å²) in [5.41, 5.74) is -3.73. The minimum absolute atomic E-state index is 0.130. The Morgan fingerprint density at radius 2 is 1.64 bits per heavy atom. The minimum atomic E-state index is -5.33. The van der Waals surface area contributed by atoms with Crippen molar-refractivity contribution in [1.29, 1.82) is 0 Å². The van der Waals surface area contributed by atoms with E-state index in [2.05, 4.69) is 5.32 Å². The summed E-state index contributed by atoms with van der Waals surface area (Å²) in [6, 6.07) is 8.61. The molecule has 0 atom stereocenters. The number of nitrogens with zero attached hydrogens (tertiary/aromatic N) is 1. The number of carbonyl (C=O) groups excluding carboxylic acids is 1. The number of halogens is 6. The zero-order chi connectivity index (χ0) is 28.2. The van der Waals surface area contributed by atoms with Crippen LogP contribution in [-0.4, -0.2) is 54.4 Å². The van der Waals surface area contributed by atoms with Crippen LogP contribution >= 0.6 is 11.8 Å². The van der Waals surface area contributed by atoms with Crippen LogP contribution in [0.3, 0.4) is 0 Å². The lowest BCUT2D eigenvalue weighted by molar-refractivity contribution is -0.163. The Bertz CT molecular complexity index is 1190. The lowest BCUT2D eigenvalue weighted by Gasteiger charge is -2.28. The molecule has 2 aliphatic heterocycles. The molecule has 0 saturated carbocycles. The van der Waals surface area contributed by atoms with Crippen molar-refractivity contribution in [1.82, 2.24) is 4.90 Å². The van der Waals surface area contributed by atoms with E-state index in [9.17, 15) is 36.2 Å². The summed E-state index contributed by atoms with van der Waals surface area (Å²) >= 11 is 0.596. The van der Waals surface area contributed by atoms with Gasteiger partial charge in [-0.25, -0.2) is 0 Å². The van der Waals surface area contributed by atoms with Crippen molar-refractivity contribution in [2.75, 3.05) is 31.6 Å². The Labute approximate surface area is 226 Å². The summed E-state index contributed by atoms with van der Waals surface area (Å²) in [4.78, 5) is 13.5. The fourth-order valence-corrected chi connectivity index (χ4v) is 5.66. The molecule has 0 spiro atoms. The smallest absolute Gasteiger partial charge is 0.393 e. The van der Waals surface area contributed by atoms with Crippen molar-refractivity contribution in [3.8, 4) is 0 Å². The van der Waals surface area contributed by atoms with Crippen LogP contribution in [-0.2, 0) is 21.9 Å². The Hall–Kier alpha value is -2.70. The van der Waals surface area contributed by atoms with Gasteiger partial charge in [0.1, 0.15) is 0 Å². The second kappa shape index (κ2) is 12.2. The molecule has 12 heteroatoms. The molecule has 0 aliphatic carbocycles. The average Bonchev–Trinajstić information content (AvgIpc) is 2.87. The topological polar surface area (TPSA) is 61.8 Å². The summed E-state index contributed by atoms with van der Waals surface area (Å²) in [7, 11) is 0. The summed E-state index contributed by atoms with van der Waals surface area (Å²) in [5, 5.41) is 12.9. The quantitative estimate of drug-likeness (QED) is 0.306. The SMILES string of the molecule is O=C(C=Cc1ccc(Sc2cccc(NC3CCOCC3)c2)c(C(F)(F)F)c1C(F)(F)F)N1CCC(O)CC1. The molecule has 2 aromatic rings. The Kier molecular flexibility index (Phi) is 9.18. The second-order valence-corrected chi connectivity index (χ2v) is 10.6. The van der Waals surface area contributed by atoms with E-state index in [4.69, 9.17) is 4.74 Å². The maximum absolute atomic E-state index is 14.2. The van der Waals surface area contributed by atoms with E-state index in [0.717, 1.165) is 37.1 Å². The van der Waals surface area contributed by atoms with Gasteiger partial charge in [0.05, 0.1) is 17.2 Å². The number of rotatable bonds is 6. The van der Waals surface area contributed by atoms with Gasteiger partial charge in [0, 0.05) is 53.9 Å². The van der Waals surface area contributed by atoms with Crippen LogP contribution in [0.5, 0.6) is 0 Å². The molecular formula is C27H28F6N2O3S. The van der Waals surface area contributed by atoms with Gasteiger partial charge in [-0.1, -0.05) is 23.9 Å². The number of piperidine rings is 1. The van der Waals surface area contributed by atoms with E-state index in [-0.39, 0.29) is 19.1 Å². The molecule has 4 rings (SSSR count). The number of carbonyl (C=O) groups is 1. The van der Waals surface area contributed by atoms with E-state index in [1.165, 1.54) is 11.0 Å². The number of anilines is 1. The Morgan fingerprint density at radius 3 is 2.28 bits per heavy atom. The fraction of sp³-hybridized carbons (Fsp3) is 0.444. The second-order valence-electron chi connectivity index (χ2n) is 9.45. The van der Waals surface area contributed by atoms with E-state index in [1.54, 1.807) is 18.2 Å². The Balaban J connectivity index is 1.64. The molecule has 1 amide bonds. The lowest BCUT2D eigenvalue weighted by Crippen LogP contribution is -2.39. The number of alkyl halides is 6. The number of ether oxygens (including phenoxy) is 1. The molecule has 2 heterocycles. The number of benzene rings is 2. The molecule has 2 saturated heterocycles. The Morgan fingerprint density at radius 1 is 0.974 bits per heavy atom. The number of aliphatic hydroxyl groups is 1. The molecule has 39 heavy (non-hydrogen) atoms. The van der Waals surface area contributed by atoms with Gasteiger partial charge in [-0.15, -0.1) is 0 Å². The van der Waals surface area contributed by atoms with E-state index >= 15 is 0 Å². The molecular weight excluding hydrogens is 546 g/mol. The van der Waals surface area contributed by atoms with E-state index in [0.29, 0.717) is 48.4 Å². The van der Waals surface area contributed by atoms with Crippen molar-refractivity contribution in [3.05, 3.63) is 59.2 Å². The van der Waals surface area contributed by atoms with Gasteiger partial charge in [-0.2, -0.15) is 26.3 Å². The maximum atomic E-state index is 14.2. The monoisotopic (exact) mass is 574 g/mol. The summed E-state index contributed by atoms with van der Waals surface area (Å²) in [6.45, 7) is 1.61. The van der Waals surface area contributed by atoms with Crippen LogP contribution in [0.4, 0.5) is 32.0 Å². The van der Waals surface area contributed by atoms with Crippen LogP contribution in [0.2, 0.25) is 0 Å². The highest BCUT2D eigenvalue weighted by Crippen LogP contribution is 2.48. The van der Waals surface area contributed by atoms with Crippen molar-refractivity contribution in [2.45, 2.75) is 60.0 Å². The molecule has 0 bridgehead atoms. The third kappa shape index (κ3) is 7.70. The van der Waals surface area contributed by atoms with Gasteiger partial charge in [-0.3, -0.25) is 4.79 Å². The molecule has 0 aromatic heterocycles. The molecule has 2 N–H and O–H groups in total. The van der Waals surface area contributed by atoms with Crippen molar-refractivity contribution >= 4 is 29.4 Å². The molecule has 2 fully saturated rings. The number of likely N-dealkylation sites (tertiary alicyclic amines) is 1. The fourth-order valence-electron chi connectivity index (χ4n) is 4.62. The normalized spacial score (nSPS) is 18.1. The lowest BCUT2D eigenvalue weighted by atomic mass is 9.99. The molecule has 2 aromatic carbocycles. The van der Waals surface area contributed by atoms with Crippen LogP contribution in [0.15, 0.2) is 52.3 Å². The number of nitrogens with one attached hydrogen (secondary N) is 1. The van der Waals surface area contributed by atoms with E-state index in [1.807, 2.05) is 0 Å². The highest BCUT2D eigenvalue weighted by Gasteiger charge is 2.46. The van der Waals surface area contributed by atoms with Crippen molar-refractivity contribution in [2.24, 2.45) is 0 Å². The van der Waals surface area contributed by atoms with Crippen LogP contribution in [0, 0.1) is 0 Å². The number of hydrogen-bond donors (Lipinski definition) is 2. The predicted molar refractivity (Wildman–Crippen MR) is 135 cm³/mol. The minimum Gasteiger partial charge on any atom is -0.393 e. The highest BCUT2D eigenvalue weighted by atomic mass is 32.2. The highest BCUT2D eigenvalue weighted by molar-refractivity contribution is 7.99. The summed E-state index contributed by atoms with van der Waals surface area (Å²) in [5.74, 6) is -0.629. The molecule has 0 radical (unpaired) electrons. The first-order valence-corrected chi connectivity index (χ1v) is 13.3. The summed E-state index contributed by atoms with van der Waals surface area (Å²) < 4.78 is 90.2. The van der Waals surface area contributed by atoms with Crippen LogP contribution in [0.1, 0.15) is 42.4 Å². The third-order valence-corrected chi connectivity index (χ3v) is 7.65. The first-order chi connectivity index (χ1) is 18.4. The van der Waals surface area contributed by atoms with Crippen LogP contribution in [0.25, 0.3) is 6.08 Å². The molecule has 5 nitrogen and oxygen atoms in total. The molecule has 0 unspecified atom stereocenters. The van der Waals surface area contributed by atoms with Gasteiger partial charge < -0.3 is 20.1 Å². The van der Waals surface area contributed by atoms with E-state index < -0.39 is 45.9 Å². The average molecular weight is 575 g/mol. The number of hydrogen-bond acceptors (Lipinski definition) is 5. The van der Waals surface area contributed by atoms with Crippen molar-refractivity contribution in [3.63, 3.8) is 0 Å². The first kappa shape index (κ1) is 29.3. The first-order valence-electron chi connectivity index (χ1n) is 12.5. The number of aliphatic hydroxyl groups excluding tert-OH is 1. The zero-order valence-electron chi connectivity index (χ0n) is 20.8. The van der Waals surface area contributed by atoms with Gasteiger partial charge in [0.2, 0.25) is 5.91 Å². The van der Waals surface area contributed by atoms with Gasteiger partial charge >= 0.3 is 12.4 Å². The van der Waals surface area contributed by atoms with Gasteiger partial charge in [0.25, 0.3) is 0 Å². The predicted octanol–water partition coefficient (Wildman–Crippen LogP) is 6.46. The standard InChI is InChI=1S/C27H28F6N2O3S/c28-26(29,30)24-17(5-7-23(37)35-12-8-20(36)9-13-35)4-6-22(25(24)27(31,32)33)39-21-3-1-2-19(16-21)34-18-10-14-38-15-11-18/h1-7,16,18,20,34,36H,8-15H2. The molecule has 212 valence electrons. The molecule has 2 aliphatic rings. The summed E-state index contributed by atoms with van der Waals surface area (Å²) in [6.07, 6.45) is -7.39. The maximum Gasteiger partial charge on any atom is 0.418 e. The largest absolute Gasteiger partial charge is 0.418 e. The van der Waals surface area contributed by atoms with Gasteiger partial charge in [-0.05, 0) is 61.6 Å². The zero-order valence-corrected chi connectivity index (χ0v) is 21.6. The third-order valence-electron chi connectivity index (χ3n) is 6.60.